The van der Waals surface area contributed by atoms with Gasteiger partial charge in [-0.3, -0.25) is 4.99 Å². The average molecular weight is 463 g/mol. The molecule has 0 aromatic carbocycles. The van der Waals surface area contributed by atoms with Crippen LogP contribution in [0.15, 0.2) is 22.5 Å². The number of nitrogens with one attached hydrogen (secondary N) is 1. The lowest BCUT2D eigenvalue weighted by Crippen LogP contribution is -2.54. The Labute approximate surface area is 167 Å². The van der Waals surface area contributed by atoms with Crippen molar-refractivity contribution in [3.8, 4) is 0 Å². The molecule has 0 bridgehead atoms. The monoisotopic (exact) mass is 463 g/mol. The highest BCUT2D eigenvalue weighted by Crippen LogP contribution is 2.34. The quantitative estimate of drug-likeness (QED) is 0.413. The van der Waals surface area contributed by atoms with Gasteiger partial charge in [-0.25, -0.2) is 0 Å². The van der Waals surface area contributed by atoms with Gasteiger partial charge in [0.2, 0.25) is 0 Å². The highest BCUT2D eigenvalue weighted by molar-refractivity contribution is 14.0. The second kappa shape index (κ2) is 9.24. The summed E-state index contributed by atoms with van der Waals surface area (Å²) in [6.45, 7) is 5.21. The summed E-state index contributed by atoms with van der Waals surface area (Å²) in [5.74, 6) is 1.93. The van der Waals surface area contributed by atoms with Gasteiger partial charge in [-0.15, -0.1) is 35.3 Å². The number of rotatable bonds is 5. The van der Waals surface area contributed by atoms with Crippen LogP contribution in [0.5, 0.6) is 0 Å². The Balaban J connectivity index is 0.00000208. The van der Waals surface area contributed by atoms with E-state index in [2.05, 4.69) is 56.6 Å². The van der Waals surface area contributed by atoms with Crippen molar-refractivity contribution in [3.05, 3.63) is 17.5 Å². The number of thiophene rings is 1. The topological polar surface area (TPSA) is 34.1 Å². The highest BCUT2D eigenvalue weighted by Gasteiger charge is 2.32. The van der Waals surface area contributed by atoms with E-state index in [0.29, 0.717) is 6.04 Å². The normalized spacial score (nSPS) is 20.1. The molecule has 3 rings (SSSR count). The van der Waals surface area contributed by atoms with Crippen molar-refractivity contribution < 1.29 is 0 Å². The third-order valence-electron chi connectivity index (χ3n) is 4.91. The molecule has 1 saturated carbocycles. The van der Waals surface area contributed by atoms with E-state index >= 15 is 0 Å². The van der Waals surface area contributed by atoms with E-state index in [1.165, 1.54) is 17.8 Å². The number of guanidine groups is 1. The van der Waals surface area contributed by atoms with Crippen LogP contribution in [0.2, 0.25) is 0 Å². The van der Waals surface area contributed by atoms with E-state index in [0.717, 1.165) is 44.6 Å². The maximum atomic E-state index is 4.51. The van der Waals surface area contributed by atoms with E-state index in [1.54, 1.807) is 0 Å². The van der Waals surface area contributed by atoms with Crippen LogP contribution in [-0.4, -0.2) is 75.7 Å². The molecule has 1 aliphatic heterocycles. The molecular formula is C17H30IN5S. The average Bonchev–Trinajstić information content (AvgIpc) is 3.24. The van der Waals surface area contributed by atoms with Crippen LogP contribution >= 0.6 is 35.3 Å². The molecule has 1 atom stereocenters. The fraction of sp³-hybridized carbons (Fsp3) is 0.706. The Morgan fingerprint density at radius 2 is 2.04 bits per heavy atom. The van der Waals surface area contributed by atoms with E-state index in [-0.39, 0.29) is 24.0 Å². The zero-order chi connectivity index (χ0) is 16.2. The van der Waals surface area contributed by atoms with Gasteiger partial charge in [-0.2, -0.15) is 0 Å². The summed E-state index contributed by atoms with van der Waals surface area (Å²) in [4.78, 5) is 11.7. The fourth-order valence-corrected chi connectivity index (χ4v) is 4.15. The molecule has 0 radical (unpaired) electrons. The zero-order valence-corrected chi connectivity index (χ0v) is 18.1. The predicted molar refractivity (Wildman–Crippen MR) is 115 cm³/mol. The summed E-state index contributed by atoms with van der Waals surface area (Å²) in [6, 6.07) is 4.97. The third-order valence-corrected chi connectivity index (χ3v) is 5.84. The summed E-state index contributed by atoms with van der Waals surface area (Å²) in [7, 11) is 6.27. The number of anilines is 1. The van der Waals surface area contributed by atoms with Gasteiger partial charge >= 0.3 is 0 Å². The number of piperazine rings is 1. The number of halogens is 1. The van der Waals surface area contributed by atoms with Crippen LogP contribution in [0.3, 0.4) is 0 Å². The van der Waals surface area contributed by atoms with Crippen LogP contribution < -0.4 is 10.2 Å². The number of aliphatic imine (C=N–C) groups is 1. The lowest BCUT2D eigenvalue weighted by atomic mass is 10.1. The van der Waals surface area contributed by atoms with Gasteiger partial charge in [0, 0.05) is 45.8 Å². The Morgan fingerprint density at radius 3 is 2.54 bits per heavy atom. The third kappa shape index (κ3) is 4.98. The Morgan fingerprint density at radius 1 is 1.33 bits per heavy atom. The molecule has 2 fully saturated rings. The zero-order valence-electron chi connectivity index (χ0n) is 14.9. The van der Waals surface area contributed by atoms with Crippen LogP contribution in [0.4, 0.5) is 5.00 Å². The van der Waals surface area contributed by atoms with Crippen molar-refractivity contribution in [2.45, 2.75) is 18.9 Å². The largest absolute Gasteiger partial charge is 0.360 e. The predicted octanol–water partition coefficient (Wildman–Crippen LogP) is 2.40. The van der Waals surface area contributed by atoms with Crippen molar-refractivity contribution in [1.82, 2.24) is 15.1 Å². The molecule has 5 nitrogen and oxygen atoms in total. The van der Waals surface area contributed by atoms with Crippen LogP contribution in [0.25, 0.3) is 0 Å². The minimum absolute atomic E-state index is 0. The molecule has 2 aliphatic rings. The van der Waals surface area contributed by atoms with E-state index in [1.807, 2.05) is 18.4 Å². The summed E-state index contributed by atoms with van der Waals surface area (Å²) in [5.41, 5.74) is 0. The molecule has 1 unspecified atom stereocenters. The molecule has 0 amide bonds. The molecule has 24 heavy (non-hydrogen) atoms. The van der Waals surface area contributed by atoms with Crippen molar-refractivity contribution in [2.24, 2.45) is 10.9 Å². The molecular weight excluding hydrogens is 433 g/mol. The van der Waals surface area contributed by atoms with Crippen molar-refractivity contribution in [1.29, 1.82) is 0 Å². The number of hydrogen-bond donors (Lipinski definition) is 1. The van der Waals surface area contributed by atoms with Crippen molar-refractivity contribution in [3.63, 3.8) is 0 Å². The van der Waals surface area contributed by atoms with Gasteiger partial charge in [-0.1, -0.05) is 0 Å². The van der Waals surface area contributed by atoms with E-state index in [9.17, 15) is 0 Å². The molecule has 7 heteroatoms. The Kier molecular flexibility index (Phi) is 7.61. The first kappa shape index (κ1) is 19.8. The van der Waals surface area contributed by atoms with Gasteiger partial charge < -0.3 is 20.0 Å². The smallest absolute Gasteiger partial charge is 0.193 e. The first-order valence-electron chi connectivity index (χ1n) is 8.59. The maximum absolute atomic E-state index is 4.51. The van der Waals surface area contributed by atoms with Gasteiger partial charge in [0.1, 0.15) is 0 Å². The molecule has 1 aromatic heterocycles. The Bertz CT molecular complexity index is 505. The van der Waals surface area contributed by atoms with Crippen LogP contribution in [0.1, 0.15) is 12.8 Å². The highest BCUT2D eigenvalue weighted by atomic mass is 127. The Hall–Kier alpha value is -0.540. The van der Waals surface area contributed by atoms with Gasteiger partial charge in [-0.05, 0) is 50.4 Å². The van der Waals surface area contributed by atoms with Gasteiger partial charge in [0.05, 0.1) is 5.00 Å². The second-order valence-electron chi connectivity index (χ2n) is 6.72. The first-order chi connectivity index (χ1) is 11.2. The van der Waals surface area contributed by atoms with Crippen molar-refractivity contribution >= 4 is 46.3 Å². The molecule has 0 spiro atoms. The SMILES string of the molecule is CN=C(NCC(C1CC1)N(C)C)N1CCN(c2cccs2)CC1.I. The number of likely N-dealkylation sites (N-methyl/N-ethyl adjacent to an activating group) is 1. The molecule has 1 aliphatic carbocycles. The number of hydrogen-bond acceptors (Lipinski definition) is 4. The summed E-state index contributed by atoms with van der Waals surface area (Å²) in [6.07, 6.45) is 2.76. The maximum Gasteiger partial charge on any atom is 0.193 e. The molecule has 136 valence electrons. The van der Waals surface area contributed by atoms with E-state index < -0.39 is 0 Å². The van der Waals surface area contributed by atoms with Gasteiger partial charge in [0.15, 0.2) is 5.96 Å². The standard InChI is InChI=1S/C17H29N5S.HI/c1-18-17(19-13-15(20(2)3)14-6-7-14)22-10-8-21(9-11-22)16-5-4-12-23-16;/h4-5,12,14-15H,6-11,13H2,1-3H3,(H,18,19);1H. The minimum Gasteiger partial charge on any atom is -0.360 e. The summed E-state index contributed by atoms with van der Waals surface area (Å²) < 4.78 is 0. The molecule has 1 saturated heterocycles. The lowest BCUT2D eigenvalue weighted by Gasteiger charge is -2.37. The van der Waals surface area contributed by atoms with Gasteiger partial charge in [0.25, 0.3) is 0 Å². The van der Waals surface area contributed by atoms with Crippen LogP contribution in [0, 0.1) is 5.92 Å². The lowest BCUT2D eigenvalue weighted by molar-refractivity contribution is 0.260. The minimum atomic E-state index is 0. The van der Waals surface area contributed by atoms with E-state index in [4.69, 9.17) is 0 Å². The van der Waals surface area contributed by atoms with Crippen molar-refractivity contribution in [2.75, 3.05) is 58.8 Å². The molecule has 1 N–H and O–H groups in total. The second-order valence-corrected chi connectivity index (χ2v) is 7.65. The molecule has 2 heterocycles. The molecule has 1 aromatic rings. The number of nitrogens with zero attached hydrogens (tertiary/aromatic N) is 4. The first-order valence-corrected chi connectivity index (χ1v) is 9.47. The fourth-order valence-electron chi connectivity index (χ4n) is 3.37. The van der Waals surface area contributed by atoms with Crippen LogP contribution in [-0.2, 0) is 0 Å². The summed E-state index contributed by atoms with van der Waals surface area (Å²) >= 11 is 1.83. The summed E-state index contributed by atoms with van der Waals surface area (Å²) in [5, 5.41) is 7.15.